The number of nitrogens with one attached hydrogen (secondary N) is 1. The number of hydrogen-bond acceptors (Lipinski definition) is 5. The maximum Gasteiger partial charge on any atom is 0.208 e. The van der Waals surface area contributed by atoms with Crippen molar-refractivity contribution < 1.29 is 0 Å². The van der Waals surface area contributed by atoms with E-state index < -0.39 is 0 Å². The Morgan fingerprint density at radius 2 is 2.06 bits per heavy atom. The van der Waals surface area contributed by atoms with Crippen molar-refractivity contribution in [1.82, 2.24) is 15.5 Å². The molecular formula is C13H16N4S. The highest BCUT2D eigenvalue weighted by atomic mass is 32.1. The van der Waals surface area contributed by atoms with Gasteiger partial charge in [-0.3, -0.25) is 0 Å². The van der Waals surface area contributed by atoms with Gasteiger partial charge in [0.2, 0.25) is 5.13 Å². The molecule has 18 heavy (non-hydrogen) atoms. The summed E-state index contributed by atoms with van der Waals surface area (Å²) >= 11 is 1.68. The topological polar surface area (TPSA) is 41.1 Å². The second-order valence-electron chi connectivity index (χ2n) is 4.50. The fourth-order valence-corrected chi connectivity index (χ4v) is 2.99. The minimum Gasteiger partial charge on any atom is -0.344 e. The quantitative estimate of drug-likeness (QED) is 0.895. The molecule has 1 aromatic heterocycles. The molecule has 94 valence electrons. The maximum atomic E-state index is 4.31. The molecule has 0 unspecified atom stereocenters. The minimum atomic E-state index is 1.01. The highest BCUT2D eigenvalue weighted by molar-refractivity contribution is 7.18. The standard InChI is InChI=1S/C13H16N4S/c1-10-3-2-4-11(9-10)12-15-16-13(18-12)17-7-5-14-6-8-17/h2-4,9,14H,5-8H2,1H3. The zero-order valence-electron chi connectivity index (χ0n) is 10.4. The predicted octanol–water partition coefficient (Wildman–Crippen LogP) is 1.92. The summed E-state index contributed by atoms with van der Waals surface area (Å²) in [7, 11) is 0. The van der Waals surface area contributed by atoms with E-state index >= 15 is 0 Å². The normalized spacial score (nSPS) is 15.9. The average Bonchev–Trinajstić information content (AvgIpc) is 2.89. The fourth-order valence-electron chi connectivity index (χ4n) is 2.09. The monoisotopic (exact) mass is 260 g/mol. The molecule has 4 nitrogen and oxygen atoms in total. The Kier molecular flexibility index (Phi) is 3.25. The first kappa shape index (κ1) is 11.6. The van der Waals surface area contributed by atoms with Crippen LogP contribution in [0.1, 0.15) is 5.56 Å². The highest BCUT2D eigenvalue weighted by Crippen LogP contribution is 2.29. The van der Waals surface area contributed by atoms with Crippen LogP contribution < -0.4 is 10.2 Å². The summed E-state index contributed by atoms with van der Waals surface area (Å²) in [6.45, 7) is 6.19. The summed E-state index contributed by atoms with van der Waals surface area (Å²) in [5, 5.41) is 14.0. The van der Waals surface area contributed by atoms with Gasteiger partial charge in [0.1, 0.15) is 5.01 Å². The molecule has 0 spiro atoms. The van der Waals surface area contributed by atoms with Crippen molar-refractivity contribution in [2.75, 3.05) is 31.1 Å². The first-order chi connectivity index (χ1) is 8.83. The molecule has 3 rings (SSSR count). The van der Waals surface area contributed by atoms with Crippen LogP contribution in [0.3, 0.4) is 0 Å². The zero-order chi connectivity index (χ0) is 12.4. The Balaban J connectivity index is 1.84. The second-order valence-corrected chi connectivity index (χ2v) is 5.45. The van der Waals surface area contributed by atoms with E-state index in [-0.39, 0.29) is 0 Å². The molecule has 0 bridgehead atoms. The number of aromatic nitrogens is 2. The Labute approximate surface area is 111 Å². The molecule has 5 heteroatoms. The third kappa shape index (κ3) is 2.37. The molecule has 1 aliphatic rings. The van der Waals surface area contributed by atoms with Crippen LogP contribution in [0, 0.1) is 6.92 Å². The maximum absolute atomic E-state index is 4.31. The van der Waals surface area contributed by atoms with Crippen LogP contribution in [-0.2, 0) is 0 Å². The summed E-state index contributed by atoms with van der Waals surface area (Å²) in [4.78, 5) is 2.30. The van der Waals surface area contributed by atoms with Gasteiger partial charge < -0.3 is 10.2 Å². The van der Waals surface area contributed by atoms with E-state index in [1.54, 1.807) is 11.3 Å². The van der Waals surface area contributed by atoms with Crippen molar-refractivity contribution in [3.05, 3.63) is 29.8 Å². The lowest BCUT2D eigenvalue weighted by atomic mass is 10.1. The Morgan fingerprint density at radius 3 is 2.83 bits per heavy atom. The number of rotatable bonds is 2. The number of hydrogen-bond donors (Lipinski definition) is 1. The number of anilines is 1. The molecule has 1 aliphatic heterocycles. The summed E-state index contributed by atoms with van der Waals surface area (Å²) < 4.78 is 0. The van der Waals surface area contributed by atoms with Gasteiger partial charge in [-0.15, -0.1) is 10.2 Å². The molecule has 0 saturated carbocycles. The lowest BCUT2D eigenvalue weighted by molar-refractivity contribution is 0.587. The van der Waals surface area contributed by atoms with Crippen LogP contribution in [0.5, 0.6) is 0 Å². The number of piperazine rings is 1. The van der Waals surface area contributed by atoms with Gasteiger partial charge >= 0.3 is 0 Å². The molecule has 2 heterocycles. The van der Waals surface area contributed by atoms with Gasteiger partial charge in [0.25, 0.3) is 0 Å². The molecule has 0 radical (unpaired) electrons. The van der Waals surface area contributed by atoms with Crippen molar-refractivity contribution in [2.45, 2.75) is 6.92 Å². The van der Waals surface area contributed by atoms with E-state index in [0.717, 1.165) is 41.9 Å². The van der Waals surface area contributed by atoms with Crippen molar-refractivity contribution in [3.8, 4) is 10.6 Å². The Morgan fingerprint density at radius 1 is 1.22 bits per heavy atom. The summed E-state index contributed by atoms with van der Waals surface area (Å²) in [5.41, 5.74) is 2.42. The van der Waals surface area contributed by atoms with Gasteiger partial charge in [-0.05, 0) is 13.0 Å². The number of benzene rings is 1. The molecule has 1 saturated heterocycles. The van der Waals surface area contributed by atoms with Gasteiger partial charge in [0.05, 0.1) is 0 Å². The van der Waals surface area contributed by atoms with Crippen molar-refractivity contribution in [2.24, 2.45) is 0 Å². The minimum absolute atomic E-state index is 1.01. The van der Waals surface area contributed by atoms with Gasteiger partial charge in [-0.2, -0.15) is 0 Å². The number of aryl methyl sites for hydroxylation is 1. The SMILES string of the molecule is Cc1cccc(-c2nnc(N3CCNCC3)s2)c1. The van der Waals surface area contributed by atoms with Crippen LogP contribution in [0.25, 0.3) is 10.6 Å². The lowest BCUT2D eigenvalue weighted by Gasteiger charge is -2.26. The van der Waals surface area contributed by atoms with E-state index in [1.165, 1.54) is 5.56 Å². The number of nitrogens with zero attached hydrogens (tertiary/aromatic N) is 3. The third-order valence-corrected chi connectivity index (χ3v) is 4.10. The van der Waals surface area contributed by atoms with Crippen molar-refractivity contribution >= 4 is 16.5 Å². The van der Waals surface area contributed by atoms with E-state index in [1.807, 2.05) is 0 Å². The first-order valence-electron chi connectivity index (χ1n) is 6.19. The van der Waals surface area contributed by atoms with Gasteiger partial charge in [0, 0.05) is 31.7 Å². The molecule has 0 amide bonds. The van der Waals surface area contributed by atoms with Gasteiger partial charge in [0.15, 0.2) is 0 Å². The van der Waals surface area contributed by atoms with Gasteiger partial charge in [-0.1, -0.05) is 35.1 Å². The van der Waals surface area contributed by atoms with E-state index in [0.29, 0.717) is 0 Å². The zero-order valence-corrected chi connectivity index (χ0v) is 11.2. The van der Waals surface area contributed by atoms with E-state index in [4.69, 9.17) is 0 Å². The highest BCUT2D eigenvalue weighted by Gasteiger charge is 2.15. The molecule has 2 aromatic rings. The van der Waals surface area contributed by atoms with Crippen LogP contribution in [0.4, 0.5) is 5.13 Å². The predicted molar refractivity (Wildman–Crippen MR) is 75.2 cm³/mol. The van der Waals surface area contributed by atoms with Crippen molar-refractivity contribution in [3.63, 3.8) is 0 Å². The summed E-state index contributed by atoms with van der Waals surface area (Å²) in [6, 6.07) is 8.41. The van der Waals surface area contributed by atoms with Crippen LogP contribution in [0.2, 0.25) is 0 Å². The van der Waals surface area contributed by atoms with E-state index in [2.05, 4.69) is 51.6 Å². The Bertz CT molecular complexity index is 531. The first-order valence-corrected chi connectivity index (χ1v) is 7.01. The molecule has 0 atom stereocenters. The largest absolute Gasteiger partial charge is 0.344 e. The second kappa shape index (κ2) is 5.04. The van der Waals surface area contributed by atoms with Crippen LogP contribution in [-0.4, -0.2) is 36.4 Å². The van der Waals surface area contributed by atoms with Gasteiger partial charge in [-0.25, -0.2) is 0 Å². The summed E-state index contributed by atoms with van der Waals surface area (Å²) in [5.74, 6) is 0. The molecule has 0 aliphatic carbocycles. The average molecular weight is 260 g/mol. The van der Waals surface area contributed by atoms with E-state index in [9.17, 15) is 0 Å². The molecule has 1 N–H and O–H groups in total. The third-order valence-electron chi connectivity index (χ3n) is 3.07. The fraction of sp³-hybridized carbons (Fsp3) is 0.385. The smallest absolute Gasteiger partial charge is 0.208 e. The summed E-state index contributed by atoms with van der Waals surface area (Å²) in [6.07, 6.45) is 0. The van der Waals surface area contributed by atoms with Crippen LogP contribution in [0.15, 0.2) is 24.3 Å². The molecule has 1 fully saturated rings. The van der Waals surface area contributed by atoms with Crippen molar-refractivity contribution in [1.29, 1.82) is 0 Å². The lowest BCUT2D eigenvalue weighted by Crippen LogP contribution is -2.43. The molecule has 1 aromatic carbocycles. The Hall–Kier alpha value is -1.46. The molecular weight excluding hydrogens is 244 g/mol. The van der Waals surface area contributed by atoms with Crippen LogP contribution >= 0.6 is 11.3 Å².